The highest BCUT2D eigenvalue weighted by Crippen LogP contribution is 2.66. The number of hydrogen-bond acceptors (Lipinski definition) is 17. The quantitative estimate of drug-likeness (QED) is 0.159. The van der Waals surface area contributed by atoms with Crippen LogP contribution in [0.1, 0.15) is 31.9 Å². The molecule has 0 aromatic carbocycles. The van der Waals surface area contributed by atoms with Gasteiger partial charge in [0, 0.05) is 6.04 Å². The second kappa shape index (κ2) is 14.6. The molecular weight excluding hydrogens is 607 g/mol. The van der Waals surface area contributed by atoms with Crippen molar-refractivity contribution >= 4 is 40.4 Å². The molecule has 2 aromatic heterocycles. The third-order valence-corrected chi connectivity index (χ3v) is 9.29. The van der Waals surface area contributed by atoms with Gasteiger partial charge in [0.15, 0.2) is 23.2 Å². The van der Waals surface area contributed by atoms with Crippen molar-refractivity contribution in [3.8, 4) is 0 Å². The number of nitrogens with one attached hydrogen (secondary N) is 1. The second-order valence-corrected chi connectivity index (χ2v) is 12.5. The van der Waals surface area contributed by atoms with Crippen LogP contribution in [0.15, 0.2) is 12.7 Å². The Labute approximate surface area is 227 Å². The third-order valence-electron chi connectivity index (χ3n) is 5.48. The fourth-order valence-electron chi connectivity index (χ4n) is 3.97. The first-order valence-electron chi connectivity index (χ1n) is 10.5. The van der Waals surface area contributed by atoms with E-state index in [0.29, 0.717) is 11.3 Å². The topological polar surface area (TPSA) is 405 Å². The Hall–Kier alpha value is -1.52. The number of fused-ring (bicyclic) bond motifs is 1. The summed E-state index contributed by atoms with van der Waals surface area (Å²) in [4.78, 5) is 48.6. The zero-order valence-electron chi connectivity index (χ0n) is 21.1. The monoisotopic (exact) mass is 643 g/mol. The summed E-state index contributed by atoms with van der Waals surface area (Å²) in [6.45, 7) is -0.936. The summed E-state index contributed by atoms with van der Waals surface area (Å²) < 4.78 is 52.7. The first-order valence-corrected chi connectivity index (χ1v) is 15.0. The summed E-state index contributed by atoms with van der Waals surface area (Å²) >= 11 is 0. The van der Waals surface area contributed by atoms with Crippen LogP contribution in [-0.4, -0.2) is 80.3 Å². The molecule has 1 aliphatic carbocycles. The molecule has 1 saturated carbocycles. The molecule has 4 rings (SSSR count). The highest BCUT2D eigenvalue weighted by Gasteiger charge is 2.47. The van der Waals surface area contributed by atoms with Crippen molar-refractivity contribution < 1.29 is 61.4 Å². The van der Waals surface area contributed by atoms with Gasteiger partial charge in [0.05, 0.1) is 12.9 Å². The zero-order valence-corrected chi connectivity index (χ0v) is 23.8. The summed E-state index contributed by atoms with van der Waals surface area (Å²) in [7, 11) is -16.7. The standard InChI is InChI=1S/C15H24N5O13P3.4H3N/c21-11-9(5-30-35(26,27)33-36(28,29)32-34(23,24)25)31-15(12(11)22)20-7-18-10-13(16-6-17-14(10)20)19-8-3-1-2-4-8;;;;/h6-9,11-12,15,21-22H,1-5H2,(H,26,27)(H,28,29)(H,16,17,19)(H2,23,24,25);4*1H3/t9-,11-,12-,15-;;;;/m1..../s1. The molecule has 25 heteroatoms. The van der Waals surface area contributed by atoms with Crippen LogP contribution in [-0.2, 0) is 31.6 Å². The molecular formula is C15H36N9O13P3. The molecule has 2 aromatic rings. The Morgan fingerprint density at radius 1 is 0.925 bits per heavy atom. The average Bonchev–Trinajstić information content (AvgIpc) is 3.46. The van der Waals surface area contributed by atoms with E-state index in [1.807, 2.05) is 0 Å². The van der Waals surface area contributed by atoms with Crippen molar-refractivity contribution in [2.45, 2.75) is 56.3 Å². The average molecular weight is 643 g/mol. The number of nitrogens with zero attached hydrogens (tertiary/aromatic N) is 4. The molecule has 3 heterocycles. The van der Waals surface area contributed by atoms with Gasteiger partial charge in [0.2, 0.25) is 0 Å². The van der Waals surface area contributed by atoms with E-state index >= 15 is 0 Å². The number of rotatable bonds is 10. The lowest BCUT2D eigenvalue weighted by Crippen LogP contribution is -2.33. The van der Waals surface area contributed by atoms with Crippen molar-refractivity contribution in [3.05, 3.63) is 12.7 Å². The Kier molecular flexibility index (Phi) is 14.0. The highest BCUT2D eigenvalue weighted by atomic mass is 31.3. The first kappa shape index (κ1) is 38.5. The van der Waals surface area contributed by atoms with Crippen LogP contribution in [0.3, 0.4) is 0 Å². The number of anilines is 1. The molecule has 0 spiro atoms. The summed E-state index contributed by atoms with van der Waals surface area (Å²) in [5.74, 6) is 0.489. The van der Waals surface area contributed by atoms with Gasteiger partial charge in [-0.25, -0.2) is 28.6 Å². The number of aliphatic hydroxyl groups excluding tert-OH is 2. The van der Waals surface area contributed by atoms with Crippen LogP contribution in [0.4, 0.5) is 5.82 Å². The molecule has 1 aliphatic heterocycles. The van der Waals surface area contributed by atoms with E-state index in [9.17, 15) is 33.7 Å². The number of phosphoric acid groups is 3. The zero-order chi connectivity index (χ0) is 26.3. The fourth-order valence-corrected chi connectivity index (χ4v) is 7.00. The van der Waals surface area contributed by atoms with E-state index in [1.54, 1.807) is 0 Å². The van der Waals surface area contributed by atoms with Crippen molar-refractivity contribution in [2.75, 3.05) is 11.9 Å². The lowest BCUT2D eigenvalue weighted by atomic mass is 10.1. The van der Waals surface area contributed by atoms with E-state index in [-0.39, 0.29) is 36.3 Å². The van der Waals surface area contributed by atoms with E-state index in [4.69, 9.17) is 14.5 Å². The minimum absolute atomic E-state index is 0. The molecule has 40 heavy (non-hydrogen) atoms. The number of ether oxygens (including phenoxy) is 1. The van der Waals surface area contributed by atoms with Gasteiger partial charge in [0.1, 0.15) is 24.6 Å². The van der Waals surface area contributed by atoms with Crippen LogP contribution >= 0.6 is 23.5 Å². The van der Waals surface area contributed by atoms with Gasteiger partial charge < -0.3 is 64.4 Å². The number of imidazole rings is 1. The molecule has 2 fully saturated rings. The van der Waals surface area contributed by atoms with Crippen LogP contribution in [0.5, 0.6) is 0 Å². The molecule has 2 aliphatic rings. The molecule has 0 bridgehead atoms. The van der Waals surface area contributed by atoms with E-state index in [1.165, 1.54) is 17.2 Å². The van der Waals surface area contributed by atoms with E-state index in [2.05, 4.69) is 33.4 Å². The summed E-state index contributed by atoms with van der Waals surface area (Å²) in [6.07, 6.45) is 0.854. The Morgan fingerprint density at radius 2 is 1.55 bits per heavy atom. The first-order chi connectivity index (χ1) is 16.7. The Bertz CT molecular complexity index is 1240. The summed E-state index contributed by atoms with van der Waals surface area (Å²) in [6, 6.07) is 0.239. The molecule has 2 unspecified atom stereocenters. The molecule has 0 amide bonds. The summed E-state index contributed by atoms with van der Waals surface area (Å²) in [5.41, 5.74) is 0.668. The van der Waals surface area contributed by atoms with Crippen LogP contribution in [0, 0.1) is 0 Å². The second-order valence-electron chi connectivity index (χ2n) is 8.11. The minimum Gasteiger partial charge on any atom is -0.387 e. The number of phosphoric ester groups is 1. The van der Waals surface area contributed by atoms with Crippen molar-refractivity contribution in [1.82, 2.24) is 44.1 Å². The Morgan fingerprint density at radius 3 is 2.15 bits per heavy atom. The van der Waals surface area contributed by atoms with Crippen LogP contribution < -0.4 is 29.9 Å². The van der Waals surface area contributed by atoms with Gasteiger partial charge in [0.25, 0.3) is 0 Å². The van der Waals surface area contributed by atoms with Gasteiger partial charge in [-0.3, -0.25) is 9.09 Å². The minimum atomic E-state index is -5.71. The molecule has 22 nitrogen and oxygen atoms in total. The van der Waals surface area contributed by atoms with Crippen LogP contribution in [0.25, 0.3) is 11.2 Å². The number of aliphatic hydroxyl groups is 2. The lowest BCUT2D eigenvalue weighted by Gasteiger charge is -2.19. The summed E-state index contributed by atoms with van der Waals surface area (Å²) in [5, 5.41) is 24.2. The lowest BCUT2D eigenvalue weighted by molar-refractivity contribution is -0.0503. The fraction of sp³-hybridized carbons (Fsp3) is 0.667. The third kappa shape index (κ3) is 9.24. The molecule has 6 atom stereocenters. The van der Waals surface area contributed by atoms with E-state index in [0.717, 1.165) is 25.7 Å². The predicted molar refractivity (Wildman–Crippen MR) is 137 cm³/mol. The highest BCUT2D eigenvalue weighted by molar-refractivity contribution is 7.66. The molecule has 0 radical (unpaired) electrons. The van der Waals surface area contributed by atoms with Crippen LogP contribution in [0.2, 0.25) is 0 Å². The SMILES string of the molecule is N.N.N.N.O=P(O)(O)OP(=O)(O)OP(=O)(O)OC[C@H]1O[C@@H](n2cnc3c(NC4CCCC4)ncnc32)[C@H](O)[C@@H]1O. The van der Waals surface area contributed by atoms with Crippen molar-refractivity contribution in [3.63, 3.8) is 0 Å². The van der Waals surface area contributed by atoms with Gasteiger partial charge in [-0.1, -0.05) is 12.8 Å². The van der Waals surface area contributed by atoms with Gasteiger partial charge in [-0.05, 0) is 12.8 Å². The van der Waals surface area contributed by atoms with Gasteiger partial charge >= 0.3 is 23.5 Å². The maximum absolute atomic E-state index is 11.9. The maximum atomic E-state index is 11.9. The predicted octanol–water partition coefficient (Wildman–Crippen LogP) is 0.791. The molecule has 1 saturated heterocycles. The number of aromatic nitrogens is 4. The molecule has 19 N–H and O–H groups in total. The maximum Gasteiger partial charge on any atom is 0.490 e. The van der Waals surface area contributed by atoms with Gasteiger partial charge in [-0.15, -0.1) is 0 Å². The van der Waals surface area contributed by atoms with E-state index < -0.39 is 54.6 Å². The Balaban J connectivity index is 0.00000380. The molecule has 234 valence electrons. The smallest absolute Gasteiger partial charge is 0.387 e. The van der Waals surface area contributed by atoms with Gasteiger partial charge in [-0.2, -0.15) is 8.62 Å². The van der Waals surface area contributed by atoms with Crippen molar-refractivity contribution in [1.29, 1.82) is 0 Å². The number of hydrogen-bond donors (Lipinski definition) is 11. The largest absolute Gasteiger partial charge is 0.490 e. The van der Waals surface area contributed by atoms with Crippen molar-refractivity contribution in [2.24, 2.45) is 0 Å². The normalized spacial score (nSPS) is 25.9.